The summed E-state index contributed by atoms with van der Waals surface area (Å²) in [5.74, 6) is 0. The molecule has 2 atom stereocenters. The van der Waals surface area contributed by atoms with E-state index in [0.29, 0.717) is 19.2 Å². The van der Waals surface area contributed by atoms with Crippen molar-refractivity contribution in [2.24, 2.45) is 0 Å². The van der Waals surface area contributed by atoms with Crippen LogP contribution < -0.4 is 5.32 Å². The van der Waals surface area contributed by atoms with Gasteiger partial charge in [-0.1, -0.05) is 6.58 Å². The highest BCUT2D eigenvalue weighted by atomic mass is 16.5. The van der Waals surface area contributed by atoms with E-state index in [1.54, 1.807) is 6.20 Å². The molecule has 1 fully saturated rings. The van der Waals surface area contributed by atoms with Gasteiger partial charge >= 0.3 is 0 Å². The van der Waals surface area contributed by atoms with E-state index in [4.69, 9.17) is 9.84 Å². The van der Waals surface area contributed by atoms with Gasteiger partial charge in [-0.25, -0.2) is 4.90 Å². The maximum absolute atomic E-state index is 9.00. The number of nitrogens with one attached hydrogen (secondary N) is 1. The highest BCUT2D eigenvalue weighted by Gasteiger charge is 2.29. The molecule has 0 unspecified atom stereocenters. The number of hydrogen-bond donors (Lipinski definition) is 2. The van der Waals surface area contributed by atoms with Crippen LogP contribution in [-0.2, 0) is 4.74 Å². The average molecular weight is 172 g/mol. The van der Waals surface area contributed by atoms with Gasteiger partial charge in [0, 0.05) is 6.04 Å². The standard InChI is InChI=1S/C8H16N2O2/c1-3-9-4-8-10(6-11)7(2)5-12-8/h3,7-9,11H,1,4-6H2,2H3/t7-,8+/m0/s1. The van der Waals surface area contributed by atoms with Crippen LogP contribution in [0.5, 0.6) is 0 Å². The summed E-state index contributed by atoms with van der Waals surface area (Å²) in [5.41, 5.74) is 0. The minimum Gasteiger partial charge on any atom is -0.387 e. The van der Waals surface area contributed by atoms with Gasteiger partial charge in [-0.05, 0) is 13.1 Å². The van der Waals surface area contributed by atoms with E-state index in [-0.39, 0.29) is 13.0 Å². The fourth-order valence-corrected chi connectivity index (χ4v) is 1.32. The molecule has 0 spiro atoms. The Kier molecular flexibility index (Phi) is 3.52. The average Bonchev–Trinajstić information content (AvgIpc) is 2.43. The Morgan fingerprint density at radius 1 is 1.83 bits per heavy atom. The summed E-state index contributed by atoms with van der Waals surface area (Å²) >= 11 is 0. The summed E-state index contributed by atoms with van der Waals surface area (Å²) in [6, 6.07) is 0.298. The zero-order chi connectivity index (χ0) is 8.97. The fourth-order valence-electron chi connectivity index (χ4n) is 1.32. The number of ether oxygens (including phenoxy) is 1. The summed E-state index contributed by atoms with van der Waals surface area (Å²) in [6.45, 7) is 6.98. The SMILES string of the molecule is C=CNC[C@H]1OC[C@H](C)N1CO. The van der Waals surface area contributed by atoms with Gasteiger partial charge < -0.3 is 15.2 Å². The van der Waals surface area contributed by atoms with Crippen molar-refractivity contribution in [2.45, 2.75) is 19.2 Å². The van der Waals surface area contributed by atoms with Crippen LogP contribution in [0.1, 0.15) is 6.92 Å². The number of rotatable bonds is 4. The van der Waals surface area contributed by atoms with Crippen molar-refractivity contribution in [3.63, 3.8) is 0 Å². The van der Waals surface area contributed by atoms with Crippen molar-refractivity contribution in [1.82, 2.24) is 10.2 Å². The van der Waals surface area contributed by atoms with Crippen molar-refractivity contribution in [3.05, 3.63) is 12.8 Å². The largest absolute Gasteiger partial charge is 0.387 e. The summed E-state index contributed by atoms with van der Waals surface area (Å²) in [5, 5.41) is 12.0. The molecule has 0 aromatic rings. The van der Waals surface area contributed by atoms with Gasteiger partial charge in [0.25, 0.3) is 0 Å². The van der Waals surface area contributed by atoms with Gasteiger partial charge in [0.1, 0.15) is 6.23 Å². The fraction of sp³-hybridized carbons (Fsp3) is 0.750. The second kappa shape index (κ2) is 4.45. The molecule has 1 saturated heterocycles. The van der Waals surface area contributed by atoms with E-state index < -0.39 is 0 Å². The molecule has 0 bridgehead atoms. The molecule has 70 valence electrons. The molecule has 0 aromatic heterocycles. The smallest absolute Gasteiger partial charge is 0.130 e. The van der Waals surface area contributed by atoms with Crippen molar-refractivity contribution < 1.29 is 9.84 Å². The summed E-state index contributed by atoms with van der Waals surface area (Å²) < 4.78 is 5.43. The molecule has 0 radical (unpaired) electrons. The van der Waals surface area contributed by atoms with Crippen molar-refractivity contribution >= 4 is 0 Å². The molecule has 0 aromatic carbocycles. The maximum atomic E-state index is 9.00. The monoisotopic (exact) mass is 172 g/mol. The van der Waals surface area contributed by atoms with E-state index >= 15 is 0 Å². The second-order valence-corrected chi connectivity index (χ2v) is 2.91. The van der Waals surface area contributed by atoms with Crippen molar-refractivity contribution in [2.75, 3.05) is 19.9 Å². The van der Waals surface area contributed by atoms with Crippen LogP contribution in [0.3, 0.4) is 0 Å². The first-order valence-electron chi connectivity index (χ1n) is 4.12. The summed E-state index contributed by atoms with van der Waals surface area (Å²) in [6.07, 6.45) is 1.60. The quantitative estimate of drug-likeness (QED) is 0.612. The molecule has 0 amide bonds. The van der Waals surface area contributed by atoms with Crippen LogP contribution in [0, 0.1) is 0 Å². The Hall–Kier alpha value is -0.580. The van der Waals surface area contributed by atoms with Crippen LogP contribution in [0.25, 0.3) is 0 Å². The number of hydrogen-bond acceptors (Lipinski definition) is 4. The second-order valence-electron chi connectivity index (χ2n) is 2.91. The third kappa shape index (κ3) is 1.97. The normalized spacial score (nSPS) is 30.5. The van der Waals surface area contributed by atoms with Crippen LogP contribution in [0.4, 0.5) is 0 Å². The zero-order valence-corrected chi connectivity index (χ0v) is 7.36. The molecule has 1 heterocycles. The van der Waals surface area contributed by atoms with Crippen molar-refractivity contribution in [1.29, 1.82) is 0 Å². The molecule has 2 N–H and O–H groups in total. The molecule has 1 aliphatic rings. The Morgan fingerprint density at radius 3 is 3.17 bits per heavy atom. The molecule has 1 aliphatic heterocycles. The first kappa shape index (κ1) is 9.51. The first-order valence-corrected chi connectivity index (χ1v) is 4.12. The van der Waals surface area contributed by atoms with Crippen LogP contribution >= 0.6 is 0 Å². The highest BCUT2D eigenvalue weighted by molar-refractivity contribution is 4.78. The molecular formula is C8H16N2O2. The topological polar surface area (TPSA) is 44.7 Å². The highest BCUT2D eigenvalue weighted by Crippen LogP contribution is 2.14. The lowest BCUT2D eigenvalue weighted by Gasteiger charge is -2.23. The van der Waals surface area contributed by atoms with Gasteiger partial charge in [0.2, 0.25) is 0 Å². The number of aliphatic hydroxyl groups is 1. The lowest BCUT2D eigenvalue weighted by molar-refractivity contribution is -0.0110. The predicted octanol–water partition coefficient (Wildman–Crippen LogP) is -0.284. The van der Waals surface area contributed by atoms with Crippen LogP contribution in [-0.4, -0.2) is 42.2 Å². The Labute approximate surface area is 72.8 Å². The van der Waals surface area contributed by atoms with E-state index in [2.05, 4.69) is 11.9 Å². The predicted molar refractivity (Wildman–Crippen MR) is 46.3 cm³/mol. The molecular weight excluding hydrogens is 156 g/mol. The molecule has 0 aliphatic carbocycles. The van der Waals surface area contributed by atoms with Crippen LogP contribution in [0.2, 0.25) is 0 Å². The van der Waals surface area contributed by atoms with E-state index in [1.807, 2.05) is 11.8 Å². The van der Waals surface area contributed by atoms with E-state index in [9.17, 15) is 0 Å². The lowest BCUT2D eigenvalue weighted by atomic mass is 10.3. The molecule has 1 rings (SSSR count). The zero-order valence-electron chi connectivity index (χ0n) is 7.36. The van der Waals surface area contributed by atoms with Gasteiger partial charge in [0.05, 0.1) is 19.9 Å². The number of nitrogens with zero attached hydrogens (tertiary/aromatic N) is 1. The first-order chi connectivity index (χ1) is 5.79. The Morgan fingerprint density at radius 2 is 2.58 bits per heavy atom. The van der Waals surface area contributed by atoms with Crippen molar-refractivity contribution in [3.8, 4) is 0 Å². The van der Waals surface area contributed by atoms with E-state index in [0.717, 1.165) is 0 Å². The number of aliphatic hydroxyl groups excluding tert-OH is 1. The summed E-state index contributed by atoms with van der Waals surface area (Å²) in [7, 11) is 0. The summed E-state index contributed by atoms with van der Waals surface area (Å²) in [4.78, 5) is 1.90. The molecule has 0 saturated carbocycles. The van der Waals surface area contributed by atoms with E-state index in [1.165, 1.54) is 0 Å². The van der Waals surface area contributed by atoms with Gasteiger partial charge in [0.15, 0.2) is 0 Å². The third-order valence-electron chi connectivity index (χ3n) is 2.07. The molecule has 4 heteroatoms. The Balaban J connectivity index is 2.37. The lowest BCUT2D eigenvalue weighted by Crippen LogP contribution is -2.41. The molecule has 12 heavy (non-hydrogen) atoms. The van der Waals surface area contributed by atoms with Crippen LogP contribution in [0.15, 0.2) is 12.8 Å². The van der Waals surface area contributed by atoms with Gasteiger partial charge in [-0.3, -0.25) is 0 Å². The van der Waals surface area contributed by atoms with Gasteiger partial charge in [-0.15, -0.1) is 0 Å². The minimum atomic E-state index is -0.0250. The Bertz CT molecular complexity index is 152. The molecule has 4 nitrogen and oxygen atoms in total. The minimum absolute atomic E-state index is 0.0250. The maximum Gasteiger partial charge on any atom is 0.130 e. The van der Waals surface area contributed by atoms with Gasteiger partial charge in [-0.2, -0.15) is 0 Å². The third-order valence-corrected chi connectivity index (χ3v) is 2.07.